The Hall–Kier alpha value is -1.77. The second-order valence-electron chi connectivity index (χ2n) is 5.68. The number of rotatable bonds is 4. The number of halogens is 1. The van der Waals surface area contributed by atoms with Crippen LogP contribution in [0.15, 0.2) is 35.1 Å². The summed E-state index contributed by atoms with van der Waals surface area (Å²) in [6, 6.07) is 8.06. The summed E-state index contributed by atoms with van der Waals surface area (Å²) in [7, 11) is 0. The van der Waals surface area contributed by atoms with Crippen molar-refractivity contribution >= 4 is 54.3 Å². The quantitative estimate of drug-likeness (QED) is 0.691. The zero-order valence-electron chi connectivity index (χ0n) is 12.8. The molecular formula is C16H16BrN5OS. The first-order valence-electron chi connectivity index (χ1n) is 7.76. The maximum atomic E-state index is 9.58. The van der Waals surface area contributed by atoms with Crippen molar-refractivity contribution < 1.29 is 5.11 Å². The Kier molecular flexibility index (Phi) is 4.34. The molecule has 3 heterocycles. The lowest BCUT2D eigenvalue weighted by atomic mass is 10.2. The molecule has 0 amide bonds. The van der Waals surface area contributed by atoms with E-state index in [1.54, 1.807) is 6.33 Å². The fourth-order valence-electron chi connectivity index (χ4n) is 3.00. The van der Waals surface area contributed by atoms with E-state index in [4.69, 9.17) is 4.98 Å². The van der Waals surface area contributed by atoms with Gasteiger partial charge < -0.3 is 15.3 Å². The number of nitrogens with one attached hydrogen (secondary N) is 1. The molecule has 0 aliphatic carbocycles. The van der Waals surface area contributed by atoms with Crippen molar-refractivity contribution in [3.63, 3.8) is 0 Å². The van der Waals surface area contributed by atoms with Crippen LogP contribution in [-0.2, 0) is 0 Å². The first-order chi connectivity index (χ1) is 11.7. The highest BCUT2D eigenvalue weighted by Crippen LogP contribution is 2.34. The molecule has 1 saturated heterocycles. The van der Waals surface area contributed by atoms with Crippen LogP contribution in [0.2, 0.25) is 0 Å². The molecule has 4 rings (SSSR count). The molecule has 1 aliphatic rings. The molecule has 124 valence electrons. The summed E-state index contributed by atoms with van der Waals surface area (Å²) in [5.41, 5.74) is 1.76. The van der Waals surface area contributed by atoms with Gasteiger partial charge >= 0.3 is 0 Å². The van der Waals surface area contributed by atoms with E-state index in [-0.39, 0.29) is 12.6 Å². The summed E-state index contributed by atoms with van der Waals surface area (Å²) >= 11 is 4.97. The maximum absolute atomic E-state index is 9.58. The Morgan fingerprint density at radius 1 is 1.38 bits per heavy atom. The van der Waals surface area contributed by atoms with Gasteiger partial charge in [0.25, 0.3) is 0 Å². The van der Waals surface area contributed by atoms with E-state index in [1.807, 2.05) is 24.3 Å². The Morgan fingerprint density at radius 3 is 3.12 bits per heavy atom. The normalized spacial score (nSPS) is 17.6. The number of aliphatic hydroxyl groups is 1. The molecule has 1 aromatic carbocycles. The van der Waals surface area contributed by atoms with Gasteiger partial charge in [0.1, 0.15) is 11.8 Å². The predicted octanol–water partition coefficient (Wildman–Crippen LogP) is 3.55. The van der Waals surface area contributed by atoms with Crippen molar-refractivity contribution in [1.29, 1.82) is 0 Å². The van der Waals surface area contributed by atoms with Crippen LogP contribution in [0.5, 0.6) is 0 Å². The molecule has 0 spiro atoms. The SMILES string of the molecule is OC[C@@H]1CCCN1c1ncnc2sc(Nc3cccc(Br)c3)nc12. The van der Waals surface area contributed by atoms with Gasteiger partial charge in [-0.1, -0.05) is 33.3 Å². The van der Waals surface area contributed by atoms with Gasteiger partial charge in [-0.05, 0) is 31.0 Å². The number of thiazole rings is 1. The van der Waals surface area contributed by atoms with E-state index in [0.717, 1.165) is 50.8 Å². The molecule has 1 aliphatic heterocycles. The third kappa shape index (κ3) is 2.97. The first-order valence-corrected chi connectivity index (χ1v) is 9.37. The zero-order chi connectivity index (χ0) is 16.5. The number of aliphatic hydroxyl groups excluding tert-OH is 1. The zero-order valence-corrected chi connectivity index (χ0v) is 15.2. The first kappa shape index (κ1) is 15.7. The van der Waals surface area contributed by atoms with Crippen molar-refractivity contribution in [1.82, 2.24) is 15.0 Å². The summed E-state index contributed by atoms with van der Waals surface area (Å²) in [4.78, 5) is 16.5. The van der Waals surface area contributed by atoms with E-state index in [2.05, 4.69) is 36.1 Å². The number of nitrogens with zero attached hydrogens (tertiary/aromatic N) is 4. The van der Waals surface area contributed by atoms with Crippen molar-refractivity contribution in [3.05, 3.63) is 35.1 Å². The molecule has 0 bridgehead atoms. The van der Waals surface area contributed by atoms with E-state index in [0.29, 0.717) is 0 Å². The number of anilines is 3. The van der Waals surface area contributed by atoms with Crippen LogP contribution in [0, 0.1) is 0 Å². The topological polar surface area (TPSA) is 74.2 Å². The van der Waals surface area contributed by atoms with Crippen LogP contribution in [0.1, 0.15) is 12.8 Å². The molecule has 0 saturated carbocycles. The maximum Gasteiger partial charge on any atom is 0.189 e. The molecule has 0 radical (unpaired) electrons. The number of hydrogen-bond acceptors (Lipinski definition) is 7. The molecule has 8 heteroatoms. The minimum atomic E-state index is 0.117. The van der Waals surface area contributed by atoms with E-state index in [1.165, 1.54) is 11.3 Å². The molecule has 3 aromatic rings. The van der Waals surface area contributed by atoms with Crippen molar-refractivity contribution in [2.75, 3.05) is 23.4 Å². The second-order valence-corrected chi connectivity index (χ2v) is 7.57. The Bertz CT molecular complexity index is 871. The highest BCUT2D eigenvalue weighted by atomic mass is 79.9. The summed E-state index contributed by atoms with van der Waals surface area (Å²) < 4.78 is 1.01. The smallest absolute Gasteiger partial charge is 0.189 e. The predicted molar refractivity (Wildman–Crippen MR) is 100 cm³/mol. The molecule has 24 heavy (non-hydrogen) atoms. The lowest BCUT2D eigenvalue weighted by Gasteiger charge is -2.23. The Balaban J connectivity index is 1.69. The average molecular weight is 406 g/mol. The number of aromatic nitrogens is 3. The van der Waals surface area contributed by atoms with Gasteiger partial charge in [0, 0.05) is 16.7 Å². The van der Waals surface area contributed by atoms with Crippen LogP contribution in [0.3, 0.4) is 0 Å². The van der Waals surface area contributed by atoms with E-state index < -0.39 is 0 Å². The summed E-state index contributed by atoms with van der Waals surface area (Å²) in [5.74, 6) is 0.815. The lowest BCUT2D eigenvalue weighted by Crippen LogP contribution is -2.32. The third-order valence-electron chi connectivity index (χ3n) is 4.11. The Labute approximate surface area is 151 Å². The van der Waals surface area contributed by atoms with Gasteiger partial charge in [-0.3, -0.25) is 0 Å². The minimum Gasteiger partial charge on any atom is -0.394 e. The van der Waals surface area contributed by atoms with Gasteiger partial charge in [0.2, 0.25) is 0 Å². The van der Waals surface area contributed by atoms with Crippen molar-refractivity contribution in [2.45, 2.75) is 18.9 Å². The van der Waals surface area contributed by atoms with Gasteiger partial charge in [-0.15, -0.1) is 0 Å². The number of hydrogen-bond donors (Lipinski definition) is 2. The van der Waals surface area contributed by atoms with Crippen LogP contribution >= 0.6 is 27.3 Å². The second kappa shape index (κ2) is 6.62. The lowest BCUT2D eigenvalue weighted by molar-refractivity contribution is 0.266. The van der Waals surface area contributed by atoms with Crippen molar-refractivity contribution in [2.24, 2.45) is 0 Å². The van der Waals surface area contributed by atoms with Crippen LogP contribution < -0.4 is 10.2 Å². The van der Waals surface area contributed by atoms with Gasteiger partial charge in [-0.25, -0.2) is 15.0 Å². The van der Waals surface area contributed by atoms with Crippen LogP contribution in [0.25, 0.3) is 10.3 Å². The summed E-state index contributed by atoms with van der Waals surface area (Å²) in [6.45, 7) is 1.03. The molecule has 1 fully saturated rings. The van der Waals surface area contributed by atoms with E-state index >= 15 is 0 Å². The highest BCUT2D eigenvalue weighted by molar-refractivity contribution is 9.10. The largest absolute Gasteiger partial charge is 0.394 e. The molecule has 0 unspecified atom stereocenters. The fourth-order valence-corrected chi connectivity index (χ4v) is 4.22. The highest BCUT2D eigenvalue weighted by Gasteiger charge is 2.27. The molecule has 6 nitrogen and oxygen atoms in total. The van der Waals surface area contributed by atoms with Crippen LogP contribution in [0.4, 0.5) is 16.6 Å². The Morgan fingerprint density at radius 2 is 2.29 bits per heavy atom. The van der Waals surface area contributed by atoms with Crippen LogP contribution in [-0.4, -0.2) is 39.3 Å². The van der Waals surface area contributed by atoms with Gasteiger partial charge in [0.05, 0.1) is 12.6 Å². The number of benzene rings is 1. The van der Waals surface area contributed by atoms with Gasteiger partial charge in [0.15, 0.2) is 15.8 Å². The van der Waals surface area contributed by atoms with Crippen molar-refractivity contribution in [3.8, 4) is 0 Å². The monoisotopic (exact) mass is 405 g/mol. The third-order valence-corrected chi connectivity index (χ3v) is 5.48. The minimum absolute atomic E-state index is 0.117. The van der Waals surface area contributed by atoms with E-state index in [9.17, 15) is 5.11 Å². The molecule has 2 N–H and O–H groups in total. The fraction of sp³-hybridized carbons (Fsp3) is 0.312. The molecular weight excluding hydrogens is 390 g/mol. The molecule has 2 aromatic heterocycles. The summed E-state index contributed by atoms with van der Waals surface area (Å²) in [5, 5.41) is 13.7. The summed E-state index contributed by atoms with van der Waals surface area (Å²) in [6.07, 6.45) is 3.62. The molecule has 1 atom stereocenters. The number of fused-ring (bicyclic) bond motifs is 1. The standard InChI is InChI=1S/C16H16BrN5OS/c17-10-3-1-4-11(7-10)20-16-21-13-14(18-9-19-15(13)24-16)22-6-2-5-12(22)8-23/h1,3-4,7,9,12,23H,2,5-6,8H2,(H,20,21)/t12-/m0/s1. The average Bonchev–Trinajstić information content (AvgIpc) is 3.20. The van der Waals surface area contributed by atoms with Gasteiger partial charge in [-0.2, -0.15) is 0 Å².